The van der Waals surface area contributed by atoms with Crippen LogP contribution in [0.3, 0.4) is 0 Å². The molecule has 2 aromatic rings. The number of aliphatic carboxylic acids is 1. The summed E-state index contributed by atoms with van der Waals surface area (Å²) in [5.41, 5.74) is 2.08. The smallest absolute Gasteiger partial charge is 0.306 e. The van der Waals surface area contributed by atoms with Crippen LogP contribution in [0.1, 0.15) is 18.4 Å². The minimum atomic E-state index is -0.687. The largest absolute Gasteiger partial charge is 0.481 e. The van der Waals surface area contributed by atoms with Gasteiger partial charge in [0, 0.05) is 16.8 Å². The van der Waals surface area contributed by atoms with Gasteiger partial charge in [0.25, 0.3) is 0 Å². The first kappa shape index (κ1) is 13.9. The standard InChI is InChI=1S/C15H16ClN3O2/c16-12-1-2-13(18-14-3-4-17-19-14)10(8-12)5-9-6-11(7-9)15(20)21/h1-4,8-9,11H,5-7H2,(H,20,21)(H2,17,18,19). The lowest BCUT2D eigenvalue weighted by atomic mass is 9.72. The molecule has 3 N–H and O–H groups in total. The first-order valence-electron chi connectivity index (χ1n) is 6.89. The van der Waals surface area contributed by atoms with Crippen LogP contribution in [0.5, 0.6) is 0 Å². The second-order valence-corrected chi connectivity index (χ2v) is 5.91. The monoisotopic (exact) mass is 305 g/mol. The molecule has 1 aromatic carbocycles. The molecule has 0 amide bonds. The number of halogens is 1. The highest BCUT2D eigenvalue weighted by atomic mass is 35.5. The average molecular weight is 306 g/mol. The fourth-order valence-electron chi connectivity index (χ4n) is 2.74. The SMILES string of the molecule is O=C(O)C1CC(Cc2cc(Cl)ccc2Nc2ccn[nH]2)C1. The number of benzene rings is 1. The number of hydrogen-bond donors (Lipinski definition) is 3. The minimum Gasteiger partial charge on any atom is -0.481 e. The van der Waals surface area contributed by atoms with Crippen LogP contribution in [0, 0.1) is 11.8 Å². The van der Waals surface area contributed by atoms with Gasteiger partial charge >= 0.3 is 5.97 Å². The van der Waals surface area contributed by atoms with E-state index in [1.54, 1.807) is 6.20 Å². The van der Waals surface area contributed by atoms with Crippen LogP contribution in [-0.2, 0) is 11.2 Å². The van der Waals surface area contributed by atoms with Gasteiger partial charge < -0.3 is 10.4 Å². The number of aromatic amines is 1. The van der Waals surface area contributed by atoms with Crippen molar-refractivity contribution in [2.24, 2.45) is 11.8 Å². The number of carboxylic acids is 1. The highest BCUT2D eigenvalue weighted by molar-refractivity contribution is 6.30. The zero-order valence-electron chi connectivity index (χ0n) is 11.3. The predicted octanol–water partition coefficient (Wildman–Crippen LogP) is 3.46. The van der Waals surface area contributed by atoms with E-state index in [2.05, 4.69) is 15.5 Å². The Morgan fingerprint density at radius 2 is 2.24 bits per heavy atom. The van der Waals surface area contributed by atoms with Crippen LogP contribution in [0.25, 0.3) is 0 Å². The van der Waals surface area contributed by atoms with E-state index in [1.165, 1.54) is 0 Å². The Balaban J connectivity index is 1.71. The summed E-state index contributed by atoms with van der Waals surface area (Å²) in [6, 6.07) is 7.56. The second kappa shape index (κ2) is 5.77. The molecule has 1 aliphatic rings. The number of aromatic nitrogens is 2. The third-order valence-corrected chi connectivity index (χ3v) is 4.17. The van der Waals surface area contributed by atoms with Crippen molar-refractivity contribution >= 4 is 29.1 Å². The lowest BCUT2D eigenvalue weighted by Gasteiger charge is -2.32. The Kier molecular flexibility index (Phi) is 3.84. The Bertz CT molecular complexity index is 636. The van der Waals surface area contributed by atoms with Crippen molar-refractivity contribution in [3.63, 3.8) is 0 Å². The minimum absolute atomic E-state index is 0.182. The maximum absolute atomic E-state index is 10.9. The number of nitrogens with zero attached hydrogens (tertiary/aromatic N) is 1. The second-order valence-electron chi connectivity index (χ2n) is 5.47. The molecule has 1 heterocycles. The van der Waals surface area contributed by atoms with Gasteiger partial charge in [-0.05, 0) is 48.9 Å². The third kappa shape index (κ3) is 3.19. The average Bonchev–Trinajstić information content (AvgIpc) is 2.88. The van der Waals surface area contributed by atoms with E-state index >= 15 is 0 Å². The van der Waals surface area contributed by atoms with Crippen molar-refractivity contribution in [1.82, 2.24) is 10.2 Å². The zero-order chi connectivity index (χ0) is 14.8. The van der Waals surface area contributed by atoms with Gasteiger partial charge in [-0.25, -0.2) is 0 Å². The van der Waals surface area contributed by atoms with E-state index in [-0.39, 0.29) is 5.92 Å². The molecule has 6 heteroatoms. The van der Waals surface area contributed by atoms with Crippen molar-refractivity contribution in [2.45, 2.75) is 19.3 Å². The molecule has 1 saturated carbocycles. The van der Waals surface area contributed by atoms with Gasteiger partial charge in [0.05, 0.1) is 12.1 Å². The van der Waals surface area contributed by atoms with Crippen LogP contribution in [0.4, 0.5) is 11.5 Å². The van der Waals surface area contributed by atoms with Crippen LogP contribution in [0.15, 0.2) is 30.5 Å². The number of H-pyrrole nitrogens is 1. The Morgan fingerprint density at radius 3 is 2.90 bits per heavy atom. The molecule has 0 radical (unpaired) electrons. The quantitative estimate of drug-likeness (QED) is 0.790. The van der Waals surface area contributed by atoms with E-state index in [0.717, 1.165) is 36.3 Å². The van der Waals surface area contributed by atoms with E-state index in [0.29, 0.717) is 10.9 Å². The summed E-state index contributed by atoms with van der Waals surface area (Å²) in [4.78, 5) is 10.9. The number of carboxylic acid groups (broad SMARTS) is 1. The molecular formula is C15H16ClN3O2. The summed E-state index contributed by atoms with van der Waals surface area (Å²) in [7, 11) is 0. The molecular weight excluding hydrogens is 290 g/mol. The van der Waals surface area contributed by atoms with E-state index < -0.39 is 5.97 Å². The molecule has 0 unspecified atom stereocenters. The van der Waals surface area contributed by atoms with Crippen LogP contribution in [0.2, 0.25) is 5.02 Å². The third-order valence-electron chi connectivity index (χ3n) is 3.93. The Labute approximate surface area is 127 Å². The van der Waals surface area contributed by atoms with Crippen molar-refractivity contribution in [3.8, 4) is 0 Å². The lowest BCUT2D eigenvalue weighted by molar-refractivity contribution is -0.146. The Hall–Kier alpha value is -2.01. The van der Waals surface area contributed by atoms with Gasteiger partial charge in [-0.3, -0.25) is 9.89 Å². The summed E-state index contributed by atoms with van der Waals surface area (Å²) >= 11 is 6.08. The summed E-state index contributed by atoms with van der Waals surface area (Å²) in [5, 5.41) is 19.7. The van der Waals surface area contributed by atoms with Crippen LogP contribution < -0.4 is 5.32 Å². The van der Waals surface area contributed by atoms with Crippen LogP contribution in [-0.4, -0.2) is 21.3 Å². The summed E-state index contributed by atoms with van der Waals surface area (Å²) < 4.78 is 0. The molecule has 5 nitrogen and oxygen atoms in total. The highest BCUT2D eigenvalue weighted by Crippen LogP contribution is 2.38. The fourth-order valence-corrected chi connectivity index (χ4v) is 2.93. The van der Waals surface area contributed by atoms with Gasteiger partial charge in [0.2, 0.25) is 0 Å². The van der Waals surface area contributed by atoms with Crippen molar-refractivity contribution in [1.29, 1.82) is 0 Å². The molecule has 0 bridgehead atoms. The molecule has 1 aromatic heterocycles. The number of carbonyl (C=O) groups is 1. The molecule has 110 valence electrons. The molecule has 0 atom stereocenters. The van der Waals surface area contributed by atoms with E-state index in [9.17, 15) is 4.79 Å². The summed E-state index contributed by atoms with van der Waals surface area (Å²) in [6.07, 6.45) is 4.00. The normalized spacial score (nSPS) is 20.8. The summed E-state index contributed by atoms with van der Waals surface area (Å²) in [5.74, 6) is 0.355. The summed E-state index contributed by atoms with van der Waals surface area (Å²) in [6.45, 7) is 0. The molecule has 21 heavy (non-hydrogen) atoms. The maximum Gasteiger partial charge on any atom is 0.306 e. The molecule has 0 saturated heterocycles. The molecule has 1 aliphatic carbocycles. The number of rotatable bonds is 5. The van der Waals surface area contributed by atoms with Gasteiger partial charge in [0.15, 0.2) is 0 Å². The first-order valence-corrected chi connectivity index (χ1v) is 7.27. The topological polar surface area (TPSA) is 78.0 Å². The maximum atomic E-state index is 10.9. The molecule has 3 rings (SSSR count). The van der Waals surface area contributed by atoms with Gasteiger partial charge in [-0.2, -0.15) is 5.10 Å². The van der Waals surface area contributed by atoms with Crippen molar-refractivity contribution < 1.29 is 9.90 Å². The van der Waals surface area contributed by atoms with Gasteiger partial charge in [-0.15, -0.1) is 0 Å². The molecule has 0 aliphatic heterocycles. The van der Waals surface area contributed by atoms with Crippen molar-refractivity contribution in [2.75, 3.05) is 5.32 Å². The molecule has 0 spiro atoms. The van der Waals surface area contributed by atoms with Crippen molar-refractivity contribution in [3.05, 3.63) is 41.0 Å². The molecule has 1 fully saturated rings. The fraction of sp³-hybridized carbons (Fsp3) is 0.333. The van der Waals surface area contributed by atoms with Gasteiger partial charge in [-0.1, -0.05) is 11.6 Å². The zero-order valence-corrected chi connectivity index (χ0v) is 12.1. The van der Waals surface area contributed by atoms with E-state index in [4.69, 9.17) is 16.7 Å². The predicted molar refractivity (Wildman–Crippen MR) is 80.9 cm³/mol. The number of nitrogens with one attached hydrogen (secondary N) is 2. The highest BCUT2D eigenvalue weighted by Gasteiger charge is 2.34. The van der Waals surface area contributed by atoms with E-state index in [1.807, 2.05) is 24.3 Å². The van der Waals surface area contributed by atoms with Crippen LogP contribution >= 0.6 is 11.6 Å². The van der Waals surface area contributed by atoms with Gasteiger partial charge in [0.1, 0.15) is 5.82 Å². The Morgan fingerprint density at radius 1 is 1.43 bits per heavy atom. The number of anilines is 2. The first-order chi connectivity index (χ1) is 10.1. The number of hydrogen-bond acceptors (Lipinski definition) is 3. The lowest BCUT2D eigenvalue weighted by Crippen LogP contribution is -2.31.